The van der Waals surface area contributed by atoms with Gasteiger partial charge in [0.15, 0.2) is 11.9 Å². The lowest BCUT2D eigenvalue weighted by atomic mass is 10.1. The predicted molar refractivity (Wildman–Crippen MR) is 134 cm³/mol. The Morgan fingerprint density at radius 3 is 2.72 bits per heavy atom. The number of anilines is 1. The Morgan fingerprint density at radius 2 is 1.94 bits per heavy atom. The number of nitrogens with zero attached hydrogens (tertiary/aromatic N) is 2. The van der Waals surface area contributed by atoms with Gasteiger partial charge in [-0.3, -0.25) is 19.0 Å². The number of benzene rings is 2. The molecule has 4 aromatic rings. The molecule has 1 amide bonds. The lowest BCUT2D eigenvalue weighted by Crippen LogP contribution is -2.34. The van der Waals surface area contributed by atoms with E-state index in [9.17, 15) is 19.2 Å². The molecule has 0 aliphatic carbocycles. The number of hydrogen-bond donors (Lipinski definition) is 1. The number of carbonyl (C=O) groups excluding carboxylic acids is 3. The Morgan fingerprint density at radius 1 is 1.17 bits per heavy atom. The number of ketones is 1. The number of nitrogens with one attached hydrogen (secondary N) is 1. The van der Waals surface area contributed by atoms with Crippen LogP contribution in [-0.2, 0) is 22.7 Å². The van der Waals surface area contributed by atoms with Crippen LogP contribution in [0.5, 0.6) is 5.75 Å². The van der Waals surface area contributed by atoms with E-state index in [0.717, 1.165) is 16.9 Å². The van der Waals surface area contributed by atoms with E-state index >= 15 is 0 Å². The number of fused-ring (bicyclic) bond motifs is 2. The molecular formula is C26H21N3O6S. The van der Waals surface area contributed by atoms with Crippen molar-refractivity contribution in [3.05, 3.63) is 86.8 Å². The first-order chi connectivity index (χ1) is 17.3. The lowest BCUT2D eigenvalue weighted by molar-refractivity contribution is -0.122. The van der Waals surface area contributed by atoms with Gasteiger partial charge >= 0.3 is 5.97 Å². The number of hydrogen-bond acceptors (Lipinski definition) is 8. The molecule has 0 saturated heterocycles. The van der Waals surface area contributed by atoms with Crippen LogP contribution in [0.2, 0.25) is 0 Å². The molecule has 0 radical (unpaired) electrons. The summed E-state index contributed by atoms with van der Waals surface area (Å²) < 4.78 is 12.1. The molecule has 2 aromatic heterocycles. The molecule has 0 fully saturated rings. The molecular weight excluding hydrogens is 482 g/mol. The molecule has 1 atom stereocenters. The zero-order chi connectivity index (χ0) is 25.4. The number of amides is 1. The maximum atomic E-state index is 13.2. The fourth-order valence-corrected chi connectivity index (χ4v) is 4.92. The molecule has 1 unspecified atom stereocenters. The molecule has 9 nitrogen and oxygen atoms in total. The summed E-state index contributed by atoms with van der Waals surface area (Å²) in [6, 6.07) is 14.0. The van der Waals surface area contributed by atoms with Gasteiger partial charge in [0.1, 0.15) is 22.1 Å². The molecule has 5 rings (SSSR count). The maximum Gasteiger partial charge on any atom is 0.349 e. The smallest absolute Gasteiger partial charge is 0.349 e. The first-order valence-corrected chi connectivity index (χ1v) is 12.0. The van der Waals surface area contributed by atoms with Gasteiger partial charge in [0.2, 0.25) is 0 Å². The maximum absolute atomic E-state index is 13.2. The van der Waals surface area contributed by atoms with E-state index < -0.39 is 17.6 Å². The summed E-state index contributed by atoms with van der Waals surface area (Å²) in [4.78, 5) is 55.7. The van der Waals surface area contributed by atoms with Gasteiger partial charge in [0.25, 0.3) is 11.5 Å². The van der Waals surface area contributed by atoms with Crippen molar-refractivity contribution in [2.75, 3.05) is 5.32 Å². The summed E-state index contributed by atoms with van der Waals surface area (Å²) in [6.45, 7) is 3.16. The van der Waals surface area contributed by atoms with E-state index in [0.29, 0.717) is 32.3 Å². The Kier molecular flexibility index (Phi) is 6.11. The van der Waals surface area contributed by atoms with E-state index in [1.165, 1.54) is 17.0 Å². The van der Waals surface area contributed by atoms with E-state index in [-0.39, 0.29) is 30.2 Å². The second-order valence-corrected chi connectivity index (χ2v) is 9.36. The van der Waals surface area contributed by atoms with Crippen LogP contribution < -0.4 is 15.6 Å². The number of aromatic nitrogens is 2. The topological polar surface area (TPSA) is 117 Å². The highest BCUT2D eigenvalue weighted by atomic mass is 32.1. The number of Topliss-reactive ketones (excluding diaryl/α,β-unsaturated/α-hetero) is 1. The second-order valence-electron chi connectivity index (χ2n) is 8.36. The molecule has 1 N–H and O–H groups in total. The van der Waals surface area contributed by atoms with Gasteiger partial charge in [-0.1, -0.05) is 30.3 Å². The van der Waals surface area contributed by atoms with Crippen LogP contribution in [-0.4, -0.2) is 33.3 Å². The third-order valence-corrected chi connectivity index (χ3v) is 7.04. The van der Waals surface area contributed by atoms with Crippen molar-refractivity contribution in [1.29, 1.82) is 0 Å². The van der Waals surface area contributed by atoms with Crippen molar-refractivity contribution in [2.45, 2.75) is 33.1 Å². The highest BCUT2D eigenvalue weighted by Crippen LogP contribution is 2.31. The zero-order valence-electron chi connectivity index (χ0n) is 19.4. The van der Waals surface area contributed by atoms with Crippen LogP contribution in [0.15, 0.2) is 59.7 Å². The Hall–Kier alpha value is -4.31. The highest BCUT2D eigenvalue weighted by molar-refractivity contribution is 7.20. The zero-order valence-corrected chi connectivity index (χ0v) is 20.3. The van der Waals surface area contributed by atoms with Gasteiger partial charge in [0.05, 0.1) is 23.9 Å². The minimum absolute atomic E-state index is 0.116. The number of aryl methyl sites for hydroxylation is 1. The molecule has 3 heterocycles. The van der Waals surface area contributed by atoms with Crippen molar-refractivity contribution < 1.29 is 23.9 Å². The van der Waals surface area contributed by atoms with Crippen molar-refractivity contribution in [2.24, 2.45) is 0 Å². The average molecular weight is 504 g/mol. The number of esters is 1. The number of thiophene rings is 1. The molecule has 10 heteroatoms. The molecule has 182 valence electrons. The van der Waals surface area contributed by atoms with Crippen LogP contribution in [0.3, 0.4) is 0 Å². The van der Waals surface area contributed by atoms with Crippen LogP contribution in [0.1, 0.15) is 38.1 Å². The fourth-order valence-electron chi connectivity index (χ4n) is 3.88. The molecule has 0 spiro atoms. The van der Waals surface area contributed by atoms with Crippen LogP contribution in [0, 0.1) is 6.92 Å². The summed E-state index contributed by atoms with van der Waals surface area (Å²) in [5, 5.41) is 2.99. The molecule has 0 saturated carbocycles. The fraction of sp³-hybridized carbons (Fsp3) is 0.192. The first-order valence-electron chi connectivity index (χ1n) is 11.2. The SMILES string of the molecule is Cc1c(C(=O)OCc2ccccc2)sc2ncn(CC(=O)c3ccc4c(c3)NC(=O)C(C)O4)c(=O)c12. The third-order valence-electron chi connectivity index (χ3n) is 5.86. The molecule has 1 aliphatic rings. The van der Waals surface area contributed by atoms with Crippen molar-refractivity contribution in [3.8, 4) is 5.75 Å². The number of rotatable bonds is 6. The molecule has 0 bridgehead atoms. The summed E-state index contributed by atoms with van der Waals surface area (Å²) in [5.74, 6) is -0.707. The van der Waals surface area contributed by atoms with Gasteiger partial charge in [-0.25, -0.2) is 9.78 Å². The van der Waals surface area contributed by atoms with Gasteiger partial charge in [-0.15, -0.1) is 11.3 Å². The molecule has 1 aliphatic heterocycles. The average Bonchev–Trinajstić information content (AvgIpc) is 3.22. The molecule has 2 aromatic carbocycles. The summed E-state index contributed by atoms with van der Waals surface area (Å²) in [5.41, 5.74) is 1.61. The van der Waals surface area contributed by atoms with Gasteiger partial charge < -0.3 is 14.8 Å². The Balaban J connectivity index is 1.37. The summed E-state index contributed by atoms with van der Waals surface area (Å²) in [6.07, 6.45) is 0.674. The van der Waals surface area contributed by atoms with Gasteiger partial charge in [-0.2, -0.15) is 0 Å². The van der Waals surface area contributed by atoms with E-state index in [2.05, 4.69) is 10.3 Å². The lowest BCUT2D eigenvalue weighted by Gasteiger charge is -2.23. The monoisotopic (exact) mass is 503 g/mol. The van der Waals surface area contributed by atoms with Gasteiger partial charge in [-0.05, 0) is 43.2 Å². The third kappa shape index (κ3) is 4.38. The largest absolute Gasteiger partial charge is 0.479 e. The van der Waals surface area contributed by atoms with Gasteiger partial charge in [0, 0.05) is 5.56 Å². The Labute approximate surface area is 209 Å². The summed E-state index contributed by atoms with van der Waals surface area (Å²) in [7, 11) is 0. The van der Waals surface area contributed by atoms with Crippen LogP contribution >= 0.6 is 11.3 Å². The minimum atomic E-state index is -0.621. The number of ether oxygens (including phenoxy) is 2. The minimum Gasteiger partial charge on any atom is -0.479 e. The van der Waals surface area contributed by atoms with Crippen molar-refractivity contribution in [1.82, 2.24) is 9.55 Å². The normalized spacial score (nSPS) is 14.6. The Bertz CT molecular complexity index is 1570. The number of carbonyl (C=O) groups is 3. The van der Waals surface area contributed by atoms with E-state index in [1.807, 2.05) is 30.3 Å². The first kappa shape index (κ1) is 23.4. The highest BCUT2D eigenvalue weighted by Gasteiger charge is 2.25. The van der Waals surface area contributed by atoms with E-state index in [1.54, 1.807) is 26.0 Å². The van der Waals surface area contributed by atoms with E-state index in [4.69, 9.17) is 9.47 Å². The predicted octanol–water partition coefficient (Wildman–Crippen LogP) is 3.73. The molecule has 36 heavy (non-hydrogen) atoms. The summed E-state index contributed by atoms with van der Waals surface area (Å²) >= 11 is 1.08. The standard InChI is InChI=1S/C26H21N3O6S/c1-14-21-24(36-22(14)26(33)34-12-16-6-4-3-5-7-16)27-13-29(25(21)32)11-19(30)17-8-9-20-18(10-17)28-23(31)15(2)35-20/h3-10,13,15H,11-12H2,1-2H3,(H,28,31). The van der Waals surface area contributed by atoms with Crippen molar-refractivity contribution in [3.63, 3.8) is 0 Å². The van der Waals surface area contributed by atoms with Crippen LogP contribution in [0.25, 0.3) is 10.2 Å². The van der Waals surface area contributed by atoms with Crippen LogP contribution in [0.4, 0.5) is 5.69 Å². The quantitative estimate of drug-likeness (QED) is 0.315. The second kappa shape index (κ2) is 9.38. The van der Waals surface area contributed by atoms with Crippen molar-refractivity contribution >= 4 is 44.9 Å².